The van der Waals surface area contributed by atoms with Crippen molar-refractivity contribution >= 4 is 43.4 Å². The second-order valence-electron chi connectivity index (χ2n) is 5.83. The van der Waals surface area contributed by atoms with Crippen LogP contribution in [0.15, 0.2) is 27.7 Å². The highest BCUT2D eigenvalue weighted by Gasteiger charge is 2.35. The van der Waals surface area contributed by atoms with Gasteiger partial charge < -0.3 is 4.74 Å². The number of halogens is 2. The Bertz CT molecular complexity index is 864. The van der Waals surface area contributed by atoms with Gasteiger partial charge in [0.25, 0.3) is 10.0 Å². The molecule has 1 saturated heterocycles. The summed E-state index contributed by atoms with van der Waals surface area (Å²) in [7, 11) is -2.33. The highest BCUT2D eigenvalue weighted by Crippen LogP contribution is 2.31. The lowest BCUT2D eigenvalue weighted by Gasteiger charge is -2.26. The number of hydrogen-bond donors (Lipinski definition) is 0. The first-order valence-electron chi connectivity index (χ1n) is 7.75. The fourth-order valence-corrected chi connectivity index (χ4v) is 5.22. The highest BCUT2D eigenvalue weighted by molar-refractivity contribution is 9.10. The lowest BCUT2D eigenvalue weighted by atomic mass is 10.2. The highest BCUT2D eigenvalue weighted by atomic mass is 79.9. The molecule has 0 spiro atoms. The molecule has 2 aromatic heterocycles. The van der Waals surface area contributed by atoms with Gasteiger partial charge in [-0.15, -0.1) is 0 Å². The molecule has 0 aliphatic carbocycles. The van der Waals surface area contributed by atoms with Crippen LogP contribution < -0.4 is 4.31 Å². The molecule has 0 bridgehead atoms. The van der Waals surface area contributed by atoms with Crippen molar-refractivity contribution in [3.63, 3.8) is 0 Å². The largest absolute Gasteiger partial charge is 0.376 e. The lowest BCUT2D eigenvalue weighted by Crippen LogP contribution is -2.38. The number of pyridine rings is 1. The van der Waals surface area contributed by atoms with Gasteiger partial charge in [-0.25, -0.2) is 17.7 Å². The molecule has 1 unspecified atom stereocenters. The maximum atomic E-state index is 13.3. The Kier molecular flexibility index (Phi) is 5.38. The van der Waals surface area contributed by atoms with Gasteiger partial charge >= 0.3 is 0 Å². The molecule has 1 aliphatic rings. The van der Waals surface area contributed by atoms with E-state index in [0.717, 1.165) is 17.3 Å². The predicted molar refractivity (Wildman–Crippen MR) is 98.4 cm³/mol. The molecule has 1 fully saturated rings. The molecule has 0 amide bonds. The molecular weight excluding hydrogens is 432 g/mol. The van der Waals surface area contributed by atoms with E-state index < -0.39 is 10.0 Å². The van der Waals surface area contributed by atoms with Crippen molar-refractivity contribution in [2.24, 2.45) is 7.05 Å². The first-order chi connectivity index (χ1) is 11.8. The van der Waals surface area contributed by atoms with E-state index in [4.69, 9.17) is 16.3 Å². The van der Waals surface area contributed by atoms with Gasteiger partial charge in [0.05, 0.1) is 18.3 Å². The van der Waals surface area contributed by atoms with E-state index >= 15 is 0 Å². The minimum Gasteiger partial charge on any atom is -0.376 e. The van der Waals surface area contributed by atoms with E-state index in [1.54, 1.807) is 32.3 Å². The molecule has 1 aliphatic heterocycles. The Balaban J connectivity index is 2.07. The summed E-state index contributed by atoms with van der Waals surface area (Å²) in [5.41, 5.74) is 0.349. The van der Waals surface area contributed by atoms with Crippen LogP contribution in [0.3, 0.4) is 0 Å². The van der Waals surface area contributed by atoms with E-state index in [-0.39, 0.29) is 22.7 Å². The van der Waals surface area contributed by atoms with Crippen LogP contribution in [0.2, 0.25) is 5.15 Å². The first kappa shape index (κ1) is 18.6. The minimum absolute atomic E-state index is 0.000572. The number of ether oxygens (including phenoxy) is 1. The monoisotopic (exact) mass is 448 g/mol. The first-order valence-corrected chi connectivity index (χ1v) is 10.4. The number of rotatable bonds is 5. The third-order valence-corrected chi connectivity index (χ3v) is 6.94. The summed E-state index contributed by atoms with van der Waals surface area (Å²) < 4.78 is 35.7. The Morgan fingerprint density at radius 1 is 1.48 bits per heavy atom. The number of sulfonamides is 1. The number of aromatic nitrogens is 3. The smallest absolute Gasteiger partial charge is 0.270 e. The van der Waals surface area contributed by atoms with E-state index in [2.05, 4.69) is 26.0 Å². The third kappa shape index (κ3) is 3.69. The van der Waals surface area contributed by atoms with E-state index in [0.29, 0.717) is 18.1 Å². The third-order valence-electron chi connectivity index (χ3n) is 4.01. The van der Waals surface area contributed by atoms with Gasteiger partial charge in [0.1, 0.15) is 15.9 Å². The summed E-state index contributed by atoms with van der Waals surface area (Å²) >= 11 is 9.52. The Morgan fingerprint density at radius 2 is 2.24 bits per heavy atom. The van der Waals surface area contributed by atoms with Crippen molar-refractivity contribution < 1.29 is 13.2 Å². The van der Waals surface area contributed by atoms with Crippen LogP contribution in [0.1, 0.15) is 18.5 Å². The quantitative estimate of drug-likeness (QED) is 0.701. The van der Waals surface area contributed by atoms with Crippen LogP contribution in [0, 0.1) is 6.92 Å². The van der Waals surface area contributed by atoms with Crippen molar-refractivity contribution in [2.75, 3.05) is 17.5 Å². The number of anilines is 1. The summed E-state index contributed by atoms with van der Waals surface area (Å²) in [6, 6.07) is 3.40. The molecule has 10 heteroatoms. The Labute approximate surface area is 160 Å². The van der Waals surface area contributed by atoms with Gasteiger partial charge in [-0.1, -0.05) is 11.6 Å². The fraction of sp³-hybridized carbons (Fsp3) is 0.467. The molecule has 1 atom stereocenters. The Morgan fingerprint density at radius 3 is 2.76 bits per heavy atom. The molecular formula is C15H18BrClN4O3S. The van der Waals surface area contributed by atoms with Crippen LogP contribution in [-0.4, -0.2) is 42.4 Å². The average Bonchev–Trinajstić information content (AvgIpc) is 3.14. The molecule has 0 N–H and O–H groups in total. The molecule has 0 radical (unpaired) electrons. The van der Waals surface area contributed by atoms with Crippen LogP contribution >= 0.6 is 27.5 Å². The second kappa shape index (κ2) is 7.22. The zero-order valence-corrected chi connectivity index (χ0v) is 17.0. The standard InChI is InChI=1S/C15H18BrClN4O3S/c1-10-14(15(17)20(2)19-10)25(22,23)21(9-12-4-3-7-24-12)13-6-5-11(16)8-18-13/h5-6,8,12H,3-4,7,9H2,1-2H3. The van der Waals surface area contributed by atoms with Gasteiger partial charge in [0.2, 0.25) is 0 Å². The SMILES string of the molecule is Cc1nn(C)c(Cl)c1S(=O)(=O)N(CC1CCCO1)c1ccc(Br)cn1. The Hall–Kier alpha value is -1.16. The van der Waals surface area contributed by atoms with E-state index in [1.807, 2.05) is 0 Å². The van der Waals surface area contributed by atoms with E-state index in [9.17, 15) is 8.42 Å². The van der Waals surface area contributed by atoms with Crippen molar-refractivity contribution in [1.29, 1.82) is 0 Å². The summed E-state index contributed by atoms with van der Waals surface area (Å²) in [6.45, 7) is 2.44. The van der Waals surface area contributed by atoms with Crippen LogP contribution in [0.4, 0.5) is 5.82 Å². The molecule has 7 nitrogen and oxygen atoms in total. The maximum Gasteiger partial charge on any atom is 0.270 e. The number of hydrogen-bond acceptors (Lipinski definition) is 5. The van der Waals surface area contributed by atoms with Gasteiger partial charge in [0, 0.05) is 24.3 Å². The molecule has 3 rings (SSSR count). The summed E-state index contributed by atoms with van der Waals surface area (Å²) in [5, 5.41) is 4.19. The van der Waals surface area contributed by atoms with E-state index in [1.165, 1.54) is 8.99 Å². The molecule has 25 heavy (non-hydrogen) atoms. The number of aryl methyl sites for hydroxylation is 2. The maximum absolute atomic E-state index is 13.3. The summed E-state index contributed by atoms with van der Waals surface area (Å²) in [6.07, 6.45) is 3.11. The zero-order chi connectivity index (χ0) is 18.2. The predicted octanol–water partition coefficient (Wildman–Crippen LogP) is 2.91. The summed E-state index contributed by atoms with van der Waals surface area (Å²) in [5.74, 6) is 0.318. The minimum atomic E-state index is -3.93. The average molecular weight is 450 g/mol. The van der Waals surface area contributed by atoms with Crippen LogP contribution in [0.25, 0.3) is 0 Å². The van der Waals surface area contributed by atoms with Gasteiger partial charge in [-0.3, -0.25) is 4.68 Å². The molecule has 2 aromatic rings. The molecule has 3 heterocycles. The van der Waals surface area contributed by atoms with Crippen LogP contribution in [0.5, 0.6) is 0 Å². The molecule has 0 saturated carbocycles. The second-order valence-corrected chi connectivity index (χ2v) is 8.91. The zero-order valence-electron chi connectivity index (χ0n) is 13.8. The van der Waals surface area contributed by atoms with Crippen molar-refractivity contribution in [1.82, 2.24) is 14.8 Å². The van der Waals surface area contributed by atoms with Crippen LogP contribution in [-0.2, 0) is 21.8 Å². The summed E-state index contributed by atoms with van der Waals surface area (Å²) in [4.78, 5) is 4.25. The van der Waals surface area contributed by atoms with Crippen molar-refractivity contribution in [3.8, 4) is 0 Å². The van der Waals surface area contributed by atoms with Crippen molar-refractivity contribution in [2.45, 2.75) is 30.8 Å². The molecule has 0 aromatic carbocycles. The topological polar surface area (TPSA) is 77.3 Å². The van der Waals surface area contributed by atoms with Gasteiger partial charge in [-0.05, 0) is 47.8 Å². The van der Waals surface area contributed by atoms with Gasteiger partial charge in [-0.2, -0.15) is 5.10 Å². The number of nitrogens with zero attached hydrogens (tertiary/aromatic N) is 4. The van der Waals surface area contributed by atoms with Crippen molar-refractivity contribution in [3.05, 3.63) is 33.6 Å². The normalized spacial score (nSPS) is 17.8. The fourth-order valence-electron chi connectivity index (χ4n) is 2.82. The van der Waals surface area contributed by atoms with Gasteiger partial charge in [0.15, 0.2) is 0 Å². The lowest BCUT2D eigenvalue weighted by molar-refractivity contribution is 0.118. The molecule has 136 valence electrons.